The molecule has 2 aromatic heterocycles. The molecule has 4 aromatic rings. The largest absolute Gasteiger partial charge is 0.384 e. The number of halogens is 1. The third kappa shape index (κ3) is 5.02. The van der Waals surface area contributed by atoms with Crippen molar-refractivity contribution in [2.75, 3.05) is 13.1 Å². The van der Waals surface area contributed by atoms with E-state index in [0.29, 0.717) is 55.3 Å². The van der Waals surface area contributed by atoms with Gasteiger partial charge in [0.2, 0.25) is 23.5 Å². The number of carbonyl (C=O) groups is 2. The van der Waals surface area contributed by atoms with E-state index in [4.69, 9.17) is 4.52 Å². The van der Waals surface area contributed by atoms with Crippen LogP contribution >= 0.6 is 0 Å². The molecule has 0 spiro atoms. The summed E-state index contributed by atoms with van der Waals surface area (Å²) in [5, 5.41) is 18.8. The van der Waals surface area contributed by atoms with Crippen molar-refractivity contribution in [3.8, 4) is 11.4 Å². The quantitative estimate of drug-likeness (QED) is 0.306. The Morgan fingerprint density at radius 1 is 1.12 bits per heavy atom. The van der Waals surface area contributed by atoms with Gasteiger partial charge in [-0.3, -0.25) is 24.8 Å². The fourth-order valence-electron chi connectivity index (χ4n) is 6.63. The molecule has 2 aliphatic heterocycles. The number of hydrogen-bond acceptors (Lipinski definition) is 8. The van der Waals surface area contributed by atoms with E-state index < -0.39 is 28.7 Å². The number of fused-ring (bicyclic) bond motifs is 1. The van der Waals surface area contributed by atoms with Gasteiger partial charge in [-0.1, -0.05) is 49.3 Å². The molecule has 9 nitrogen and oxygen atoms in total. The van der Waals surface area contributed by atoms with Crippen molar-refractivity contribution in [3.63, 3.8) is 0 Å². The molecule has 0 radical (unpaired) electrons. The van der Waals surface area contributed by atoms with E-state index in [0.717, 1.165) is 29.9 Å². The Balaban J connectivity index is 1.09. The predicted octanol–water partition coefficient (Wildman–Crippen LogP) is 4.94. The van der Waals surface area contributed by atoms with Crippen LogP contribution in [0.3, 0.4) is 0 Å². The van der Waals surface area contributed by atoms with Gasteiger partial charge in [-0.05, 0) is 48.9 Å². The summed E-state index contributed by atoms with van der Waals surface area (Å²) in [4.78, 5) is 35.3. The highest BCUT2D eigenvalue weighted by molar-refractivity contribution is 6.01. The number of rotatable bonds is 6. The van der Waals surface area contributed by atoms with Gasteiger partial charge in [0, 0.05) is 60.1 Å². The van der Waals surface area contributed by atoms with Crippen LogP contribution in [0.5, 0.6) is 0 Å². The van der Waals surface area contributed by atoms with E-state index in [1.807, 2.05) is 26.0 Å². The number of imide groups is 1. The van der Waals surface area contributed by atoms with Crippen LogP contribution in [0.2, 0.25) is 0 Å². The summed E-state index contributed by atoms with van der Waals surface area (Å²) >= 11 is 0. The van der Waals surface area contributed by atoms with Gasteiger partial charge in [-0.15, -0.1) is 0 Å². The van der Waals surface area contributed by atoms with Gasteiger partial charge >= 0.3 is 0 Å². The first kappa shape index (κ1) is 27.8. The minimum atomic E-state index is -1.41. The van der Waals surface area contributed by atoms with Crippen molar-refractivity contribution in [2.45, 2.75) is 69.9 Å². The molecular weight excluding hydrogens is 549 g/mol. The highest BCUT2D eigenvalue weighted by atomic mass is 19.1. The van der Waals surface area contributed by atoms with Crippen LogP contribution in [0.4, 0.5) is 4.39 Å². The van der Waals surface area contributed by atoms with Gasteiger partial charge in [0.05, 0.1) is 17.0 Å². The Morgan fingerprint density at radius 3 is 2.63 bits per heavy atom. The maximum atomic E-state index is 16.2. The SMILES string of the molecule is CC1(C)CN(Cc2ccc(-c3noc(C4CC4)n3)cc2)CC[C@@]1(O)c1ccc2ncc(C3CCC(=O)NC3=O)cc2c1F. The molecular formula is C33H34FN5O4. The number of benzene rings is 2. The van der Waals surface area contributed by atoms with Gasteiger partial charge in [-0.25, -0.2) is 4.39 Å². The van der Waals surface area contributed by atoms with Gasteiger partial charge < -0.3 is 9.63 Å². The summed E-state index contributed by atoms with van der Waals surface area (Å²) < 4.78 is 21.6. The molecule has 2 atom stereocenters. The maximum Gasteiger partial charge on any atom is 0.234 e. The van der Waals surface area contributed by atoms with E-state index in [2.05, 4.69) is 37.5 Å². The molecule has 2 saturated heterocycles. The van der Waals surface area contributed by atoms with Gasteiger partial charge in [0.25, 0.3) is 0 Å². The average molecular weight is 584 g/mol. The molecule has 222 valence electrons. The number of likely N-dealkylation sites (tertiary alicyclic amines) is 1. The Labute approximate surface area is 248 Å². The van der Waals surface area contributed by atoms with E-state index >= 15 is 4.39 Å². The second-order valence-electron chi connectivity index (χ2n) is 12.9. The zero-order valence-electron chi connectivity index (χ0n) is 24.3. The molecule has 10 heteroatoms. The number of nitrogens with zero attached hydrogens (tertiary/aromatic N) is 4. The lowest BCUT2D eigenvalue weighted by Gasteiger charge is -2.50. The highest BCUT2D eigenvalue weighted by Crippen LogP contribution is 2.48. The fourth-order valence-corrected chi connectivity index (χ4v) is 6.63. The van der Waals surface area contributed by atoms with Crippen molar-refractivity contribution in [3.05, 3.63) is 77.1 Å². The van der Waals surface area contributed by atoms with Crippen LogP contribution in [0.1, 0.15) is 80.4 Å². The van der Waals surface area contributed by atoms with Crippen LogP contribution < -0.4 is 5.32 Å². The van der Waals surface area contributed by atoms with Crippen LogP contribution in [0, 0.1) is 11.2 Å². The zero-order chi connectivity index (χ0) is 29.9. The first-order chi connectivity index (χ1) is 20.6. The molecule has 0 bridgehead atoms. The number of piperidine rings is 2. The molecule has 4 heterocycles. The Morgan fingerprint density at radius 2 is 1.91 bits per heavy atom. The number of hydrogen-bond donors (Lipinski definition) is 2. The number of aliphatic hydroxyl groups is 1. The van der Waals surface area contributed by atoms with Gasteiger partial charge in [-0.2, -0.15) is 4.98 Å². The monoisotopic (exact) mass is 583 g/mol. The van der Waals surface area contributed by atoms with E-state index in [9.17, 15) is 14.7 Å². The molecule has 1 aliphatic carbocycles. The third-order valence-electron chi connectivity index (χ3n) is 9.42. The van der Waals surface area contributed by atoms with Crippen LogP contribution in [0.15, 0.2) is 53.2 Å². The van der Waals surface area contributed by atoms with Crippen molar-refractivity contribution in [2.24, 2.45) is 5.41 Å². The summed E-state index contributed by atoms with van der Waals surface area (Å²) in [5.41, 5.74) is 1.20. The second-order valence-corrected chi connectivity index (χ2v) is 12.9. The summed E-state index contributed by atoms with van der Waals surface area (Å²) in [5.74, 6) is -0.0512. The molecule has 1 saturated carbocycles. The summed E-state index contributed by atoms with van der Waals surface area (Å²) in [6, 6.07) is 13.1. The lowest BCUT2D eigenvalue weighted by atomic mass is 9.66. The summed E-state index contributed by atoms with van der Waals surface area (Å²) in [6.45, 7) is 5.78. The van der Waals surface area contributed by atoms with Crippen molar-refractivity contribution in [1.82, 2.24) is 25.3 Å². The van der Waals surface area contributed by atoms with Crippen LogP contribution in [-0.4, -0.2) is 50.0 Å². The maximum absolute atomic E-state index is 16.2. The van der Waals surface area contributed by atoms with E-state index in [1.165, 1.54) is 0 Å². The van der Waals surface area contributed by atoms with Crippen molar-refractivity contribution < 1.29 is 23.6 Å². The fraction of sp³-hybridized carbons (Fsp3) is 0.424. The highest BCUT2D eigenvalue weighted by Gasteiger charge is 2.50. The Bertz CT molecular complexity index is 1730. The molecule has 2 N–H and O–H groups in total. The summed E-state index contributed by atoms with van der Waals surface area (Å²) in [7, 11) is 0. The third-order valence-corrected chi connectivity index (χ3v) is 9.42. The first-order valence-corrected chi connectivity index (χ1v) is 14.9. The second kappa shape index (κ2) is 10.3. The molecule has 2 amide bonds. The number of nitrogens with one attached hydrogen (secondary N) is 1. The zero-order valence-corrected chi connectivity index (χ0v) is 24.3. The van der Waals surface area contributed by atoms with E-state index in [1.54, 1.807) is 24.4 Å². The summed E-state index contributed by atoms with van der Waals surface area (Å²) in [6.07, 6.45) is 4.72. The van der Waals surface area contributed by atoms with Crippen LogP contribution in [0.25, 0.3) is 22.3 Å². The lowest BCUT2D eigenvalue weighted by Crippen LogP contribution is -2.55. The first-order valence-electron chi connectivity index (χ1n) is 14.9. The van der Waals surface area contributed by atoms with Crippen molar-refractivity contribution >= 4 is 22.7 Å². The molecule has 3 fully saturated rings. The predicted molar refractivity (Wildman–Crippen MR) is 156 cm³/mol. The van der Waals surface area contributed by atoms with Crippen LogP contribution in [-0.2, 0) is 21.7 Å². The smallest absolute Gasteiger partial charge is 0.234 e. The lowest BCUT2D eigenvalue weighted by molar-refractivity contribution is -0.134. The standard InChI is InChI=1S/C33H34FN5O4/c1-32(2)18-39(17-19-3-5-20(6-4-19)29-37-31(43-38-29)21-7-8-21)14-13-33(32,42)25-10-11-26-24(28(25)34)15-22(16-35-26)23-9-12-27(40)36-30(23)41/h3-6,10-11,15-16,21,23,42H,7-9,12-14,17-18H2,1-2H3,(H,36,40,41)/t23?,33-/m1/s1. The minimum Gasteiger partial charge on any atom is -0.384 e. The molecule has 7 rings (SSSR count). The van der Waals surface area contributed by atoms with Gasteiger partial charge in [0.15, 0.2) is 0 Å². The Kier molecular flexibility index (Phi) is 6.66. The average Bonchev–Trinajstić information content (AvgIpc) is 3.72. The number of aromatic nitrogens is 3. The number of pyridine rings is 1. The van der Waals surface area contributed by atoms with Gasteiger partial charge in [0.1, 0.15) is 5.82 Å². The normalized spacial score (nSPS) is 24.3. The Hall–Kier alpha value is -4.02. The molecule has 43 heavy (non-hydrogen) atoms. The minimum absolute atomic E-state index is 0.228. The van der Waals surface area contributed by atoms with Crippen molar-refractivity contribution in [1.29, 1.82) is 0 Å². The topological polar surface area (TPSA) is 121 Å². The molecule has 3 aliphatic rings. The molecule has 1 unspecified atom stereocenters. The number of amides is 2. The van der Waals surface area contributed by atoms with E-state index in [-0.39, 0.29) is 23.3 Å². The number of carbonyl (C=O) groups excluding carboxylic acids is 2. The molecule has 2 aromatic carbocycles.